The maximum absolute atomic E-state index is 6.24. The third-order valence-corrected chi connectivity index (χ3v) is 5.22. The summed E-state index contributed by atoms with van der Waals surface area (Å²) in [7, 11) is 5.90. The van der Waals surface area contributed by atoms with Crippen molar-refractivity contribution in [3.8, 4) is 5.75 Å². The van der Waals surface area contributed by atoms with Crippen molar-refractivity contribution in [2.24, 2.45) is 0 Å². The Kier molecular flexibility index (Phi) is 5.00. The third-order valence-electron chi connectivity index (χ3n) is 3.86. The molecule has 0 fully saturated rings. The third kappa shape index (κ3) is 3.57. The summed E-state index contributed by atoms with van der Waals surface area (Å²) in [5.74, 6) is 0.890. The predicted molar refractivity (Wildman–Crippen MR) is 98.8 cm³/mol. The van der Waals surface area contributed by atoms with Crippen molar-refractivity contribution in [1.82, 2.24) is 4.90 Å². The van der Waals surface area contributed by atoms with Gasteiger partial charge in [-0.2, -0.15) is 0 Å². The number of rotatable bonds is 4. The van der Waals surface area contributed by atoms with Crippen molar-refractivity contribution in [2.45, 2.75) is 16.2 Å². The Labute approximate surface area is 147 Å². The van der Waals surface area contributed by atoms with E-state index < -0.39 is 0 Å². The zero-order valence-corrected chi connectivity index (χ0v) is 15.2. The van der Waals surface area contributed by atoms with E-state index in [-0.39, 0.29) is 0 Å². The lowest BCUT2D eigenvalue weighted by Gasteiger charge is -2.23. The molecule has 1 aliphatic heterocycles. The Morgan fingerprint density at radius 1 is 1.09 bits per heavy atom. The highest BCUT2D eigenvalue weighted by atomic mass is 35.5. The topological polar surface area (TPSA) is 12.5 Å². The number of halogens is 1. The molecule has 0 radical (unpaired) electrons. The summed E-state index contributed by atoms with van der Waals surface area (Å²) in [6.07, 6.45) is 3.32. The van der Waals surface area contributed by atoms with Gasteiger partial charge in [0.15, 0.2) is 0 Å². The number of hydrogen-bond donors (Lipinski definition) is 0. The second-order valence-corrected chi connectivity index (χ2v) is 7.33. The molecule has 0 aromatic heterocycles. The van der Waals surface area contributed by atoms with Gasteiger partial charge in [-0.15, -0.1) is 0 Å². The zero-order valence-electron chi connectivity index (χ0n) is 13.6. The first-order valence-electron chi connectivity index (χ1n) is 7.59. The maximum atomic E-state index is 6.24. The fourth-order valence-corrected chi connectivity index (χ4v) is 3.98. The number of hydrogen-bond acceptors (Lipinski definition) is 3. The molecule has 1 heterocycles. The summed E-state index contributed by atoms with van der Waals surface area (Å²) < 4.78 is 5.37. The Balaban J connectivity index is 2.07. The van der Waals surface area contributed by atoms with Crippen LogP contribution in [0.3, 0.4) is 0 Å². The number of fused-ring (bicyclic) bond motifs is 2. The van der Waals surface area contributed by atoms with Gasteiger partial charge in [-0.25, -0.2) is 0 Å². The van der Waals surface area contributed by atoms with Crippen molar-refractivity contribution >= 4 is 28.9 Å². The quantitative estimate of drug-likeness (QED) is 0.645. The number of methoxy groups -OCH3 is 1. The molecule has 2 nitrogen and oxygen atoms in total. The van der Waals surface area contributed by atoms with E-state index in [2.05, 4.69) is 49.3 Å². The largest absolute Gasteiger partial charge is 0.497 e. The Bertz CT molecular complexity index is 755. The molecular formula is C19H20ClNOS. The van der Waals surface area contributed by atoms with Gasteiger partial charge in [0, 0.05) is 21.4 Å². The van der Waals surface area contributed by atoms with Crippen LogP contribution < -0.4 is 4.74 Å². The lowest BCUT2D eigenvalue weighted by Crippen LogP contribution is -2.12. The van der Waals surface area contributed by atoms with Gasteiger partial charge in [0.25, 0.3) is 0 Å². The molecule has 1 aliphatic rings. The van der Waals surface area contributed by atoms with E-state index >= 15 is 0 Å². The van der Waals surface area contributed by atoms with Crippen LogP contribution in [0.4, 0.5) is 0 Å². The highest BCUT2D eigenvalue weighted by Gasteiger charge is 2.21. The predicted octanol–water partition coefficient (Wildman–Crippen LogP) is 5.20. The normalized spacial score (nSPS) is 14.7. The average Bonchev–Trinajstić information content (AvgIpc) is 2.53. The van der Waals surface area contributed by atoms with Gasteiger partial charge in [0.1, 0.15) is 5.75 Å². The van der Waals surface area contributed by atoms with Crippen LogP contribution in [0.15, 0.2) is 52.3 Å². The lowest BCUT2D eigenvalue weighted by molar-refractivity contribution is 0.413. The molecule has 4 heteroatoms. The molecule has 0 amide bonds. The van der Waals surface area contributed by atoms with Crippen molar-refractivity contribution in [2.75, 3.05) is 27.7 Å². The van der Waals surface area contributed by atoms with Crippen molar-refractivity contribution < 1.29 is 4.74 Å². The molecule has 0 N–H and O–H groups in total. The molecule has 0 aliphatic carbocycles. The maximum Gasteiger partial charge on any atom is 0.120 e. The zero-order chi connectivity index (χ0) is 16.4. The van der Waals surface area contributed by atoms with Gasteiger partial charge in [-0.3, -0.25) is 0 Å². The van der Waals surface area contributed by atoms with E-state index in [0.717, 1.165) is 23.7 Å². The minimum absolute atomic E-state index is 0.778. The molecule has 3 rings (SSSR count). The van der Waals surface area contributed by atoms with E-state index in [1.54, 1.807) is 18.9 Å². The van der Waals surface area contributed by atoms with Gasteiger partial charge in [-0.05, 0) is 73.6 Å². The molecule has 0 spiro atoms. The number of ether oxygens (including phenoxy) is 1. The van der Waals surface area contributed by atoms with Crippen LogP contribution in [0.2, 0.25) is 5.02 Å². The lowest BCUT2D eigenvalue weighted by atomic mass is 9.96. The summed E-state index contributed by atoms with van der Waals surface area (Å²) in [6.45, 7) is 1.03. The first-order chi connectivity index (χ1) is 11.1. The van der Waals surface area contributed by atoms with E-state index in [9.17, 15) is 0 Å². The van der Waals surface area contributed by atoms with Crippen molar-refractivity contribution in [3.05, 3.63) is 58.6 Å². The second kappa shape index (κ2) is 7.00. The highest BCUT2D eigenvalue weighted by Crippen LogP contribution is 2.47. The minimum Gasteiger partial charge on any atom is -0.497 e. The van der Waals surface area contributed by atoms with Crippen LogP contribution in [-0.4, -0.2) is 32.6 Å². The molecule has 2 aromatic carbocycles. The standard InChI is InChI=1S/C19H20ClNOS/c1-21(2)10-4-5-15-16-8-7-14(22-3)12-19(16)23-18-9-6-13(20)11-17(15)18/h5-9,11-12H,4,10H2,1-3H3. The highest BCUT2D eigenvalue weighted by molar-refractivity contribution is 7.99. The molecule has 0 bridgehead atoms. The first-order valence-corrected chi connectivity index (χ1v) is 8.79. The minimum atomic E-state index is 0.778. The van der Waals surface area contributed by atoms with Crippen LogP contribution >= 0.6 is 23.4 Å². The van der Waals surface area contributed by atoms with Crippen molar-refractivity contribution in [1.29, 1.82) is 0 Å². The second-order valence-electron chi connectivity index (χ2n) is 5.81. The Morgan fingerprint density at radius 2 is 1.91 bits per heavy atom. The fourth-order valence-electron chi connectivity index (χ4n) is 2.69. The van der Waals surface area contributed by atoms with Crippen LogP contribution in [0, 0.1) is 0 Å². The van der Waals surface area contributed by atoms with E-state index in [0.29, 0.717) is 0 Å². The molecule has 0 atom stereocenters. The Morgan fingerprint density at radius 3 is 2.65 bits per heavy atom. The van der Waals surface area contributed by atoms with Gasteiger partial charge in [0.05, 0.1) is 7.11 Å². The molecule has 0 saturated carbocycles. The number of benzene rings is 2. The van der Waals surface area contributed by atoms with Crippen LogP contribution in [0.1, 0.15) is 17.5 Å². The average molecular weight is 346 g/mol. The fraction of sp³-hybridized carbons (Fsp3) is 0.263. The molecule has 0 unspecified atom stereocenters. The van der Waals surface area contributed by atoms with Gasteiger partial charge in [-0.1, -0.05) is 29.4 Å². The van der Waals surface area contributed by atoms with Crippen molar-refractivity contribution in [3.63, 3.8) is 0 Å². The van der Waals surface area contributed by atoms with Gasteiger partial charge < -0.3 is 9.64 Å². The number of nitrogens with zero attached hydrogens (tertiary/aromatic N) is 1. The van der Waals surface area contributed by atoms with E-state index in [1.165, 1.54) is 26.5 Å². The summed E-state index contributed by atoms with van der Waals surface area (Å²) >= 11 is 8.01. The SMILES string of the molecule is COc1ccc2c(c1)Sc1ccc(Cl)cc1C2=CCCN(C)C. The molecule has 0 saturated heterocycles. The van der Waals surface area contributed by atoms with Crippen LogP contribution in [0.25, 0.3) is 5.57 Å². The summed E-state index contributed by atoms with van der Waals surface area (Å²) in [6, 6.07) is 12.4. The smallest absolute Gasteiger partial charge is 0.120 e. The molecular weight excluding hydrogens is 326 g/mol. The van der Waals surface area contributed by atoms with Crippen LogP contribution in [0.5, 0.6) is 5.75 Å². The van der Waals surface area contributed by atoms with Crippen LogP contribution in [-0.2, 0) is 0 Å². The summed E-state index contributed by atoms with van der Waals surface area (Å²) in [5, 5.41) is 0.778. The van der Waals surface area contributed by atoms with Gasteiger partial charge in [0.2, 0.25) is 0 Å². The molecule has 120 valence electrons. The summed E-state index contributed by atoms with van der Waals surface area (Å²) in [5.41, 5.74) is 3.74. The van der Waals surface area contributed by atoms with E-state index in [1.807, 2.05) is 12.1 Å². The molecule has 2 aromatic rings. The van der Waals surface area contributed by atoms with Gasteiger partial charge >= 0.3 is 0 Å². The first kappa shape index (κ1) is 16.4. The Hall–Kier alpha value is -1.42. The monoisotopic (exact) mass is 345 g/mol. The van der Waals surface area contributed by atoms with E-state index in [4.69, 9.17) is 16.3 Å². The summed E-state index contributed by atoms with van der Waals surface area (Å²) in [4.78, 5) is 4.67. The molecule has 23 heavy (non-hydrogen) atoms.